The summed E-state index contributed by atoms with van der Waals surface area (Å²) in [5.74, 6) is -4.62. The van der Waals surface area contributed by atoms with Gasteiger partial charge in [-0.1, -0.05) is 6.07 Å². The number of hydrogen-bond acceptors (Lipinski definition) is 4. The first-order chi connectivity index (χ1) is 20.2. The number of aromatic nitrogens is 1. The Bertz CT molecular complexity index is 1540. The molecule has 1 aromatic heterocycles. The zero-order chi connectivity index (χ0) is 33.0. The molecule has 2 heterocycles. The van der Waals surface area contributed by atoms with Crippen LogP contribution in [0.3, 0.4) is 0 Å². The molecular weight excluding hydrogens is 605 g/mol. The molecule has 0 spiro atoms. The number of carbonyl (C=O) groups excluding carboxylic acids is 1. The highest BCUT2D eigenvalue weighted by Gasteiger charge is 2.46. The second-order valence-electron chi connectivity index (χ2n) is 11.3. The molecule has 0 aliphatic carbocycles. The maximum Gasteiger partial charge on any atom is 0.416 e. The molecule has 0 radical (unpaired) electrons. The van der Waals surface area contributed by atoms with Gasteiger partial charge in [-0.2, -0.15) is 26.3 Å². The molecule has 1 N–H and O–H groups in total. The topological polar surface area (TPSA) is 56.7 Å². The third kappa shape index (κ3) is 6.49. The zero-order valence-electron chi connectivity index (χ0n) is 23.9. The van der Waals surface area contributed by atoms with E-state index in [-0.39, 0.29) is 23.1 Å². The van der Waals surface area contributed by atoms with Gasteiger partial charge in [-0.25, -0.2) is 18.2 Å². The molecule has 0 saturated carbocycles. The van der Waals surface area contributed by atoms with Crippen molar-refractivity contribution in [2.45, 2.75) is 56.9 Å². The fraction of sp³-hybridized carbons (Fsp3) is 0.400. The average molecular weight is 634 g/mol. The summed E-state index contributed by atoms with van der Waals surface area (Å²) in [7, 11) is 1.24. The number of anilines is 2. The van der Waals surface area contributed by atoms with Crippen LogP contribution >= 0.6 is 0 Å². The smallest absolute Gasteiger partial charge is 0.394 e. The Morgan fingerprint density at radius 1 is 0.977 bits per heavy atom. The van der Waals surface area contributed by atoms with E-state index in [0.717, 1.165) is 17.2 Å². The van der Waals surface area contributed by atoms with Gasteiger partial charge in [0.15, 0.2) is 0 Å². The van der Waals surface area contributed by atoms with Crippen LogP contribution in [0.5, 0.6) is 0 Å². The molecule has 14 heteroatoms. The number of amides is 1. The molecule has 1 aliphatic heterocycles. The first kappa shape index (κ1) is 33.1. The van der Waals surface area contributed by atoms with Crippen molar-refractivity contribution in [3.8, 4) is 11.1 Å². The summed E-state index contributed by atoms with van der Waals surface area (Å²) in [6, 6.07) is 5.00. The molecule has 1 atom stereocenters. The van der Waals surface area contributed by atoms with Crippen LogP contribution in [0.25, 0.3) is 11.1 Å². The van der Waals surface area contributed by atoms with Gasteiger partial charge in [-0.05, 0) is 73.9 Å². The lowest BCUT2D eigenvalue weighted by Crippen LogP contribution is -2.42. The summed E-state index contributed by atoms with van der Waals surface area (Å²) in [5.41, 5.74) is -4.70. The van der Waals surface area contributed by atoms with Crippen molar-refractivity contribution < 1.29 is 49.4 Å². The average Bonchev–Trinajstić information content (AvgIpc) is 3.25. The van der Waals surface area contributed by atoms with Crippen molar-refractivity contribution in [3.63, 3.8) is 0 Å². The van der Waals surface area contributed by atoms with Crippen LogP contribution in [0.4, 0.5) is 51.0 Å². The fourth-order valence-corrected chi connectivity index (χ4v) is 5.30. The van der Waals surface area contributed by atoms with Crippen LogP contribution < -0.4 is 9.80 Å². The minimum atomic E-state index is -5.13. The quantitative estimate of drug-likeness (QED) is 0.288. The molecule has 1 aliphatic rings. The van der Waals surface area contributed by atoms with E-state index in [9.17, 15) is 49.4 Å². The van der Waals surface area contributed by atoms with Gasteiger partial charge in [-0.15, -0.1) is 0 Å². The Hall–Kier alpha value is -3.81. The molecule has 1 amide bonds. The predicted molar refractivity (Wildman–Crippen MR) is 145 cm³/mol. The number of nitrogens with zero attached hydrogens (tertiary/aromatic N) is 3. The molecule has 2 aromatic carbocycles. The molecule has 3 aromatic rings. The number of halogens is 9. The van der Waals surface area contributed by atoms with Crippen molar-refractivity contribution in [2.75, 3.05) is 30.0 Å². The number of aryl methyl sites for hydroxylation is 1. The van der Waals surface area contributed by atoms with E-state index in [0.29, 0.717) is 23.3 Å². The van der Waals surface area contributed by atoms with Gasteiger partial charge in [0.2, 0.25) is 5.91 Å². The molecule has 5 nitrogen and oxygen atoms in total. The Morgan fingerprint density at radius 2 is 1.55 bits per heavy atom. The molecule has 1 fully saturated rings. The van der Waals surface area contributed by atoms with Gasteiger partial charge in [0, 0.05) is 19.0 Å². The Morgan fingerprint density at radius 3 is 2.07 bits per heavy atom. The van der Waals surface area contributed by atoms with Crippen LogP contribution in [0.15, 0.2) is 48.7 Å². The van der Waals surface area contributed by atoms with E-state index in [1.165, 1.54) is 44.0 Å². The predicted octanol–water partition coefficient (Wildman–Crippen LogP) is 7.38. The van der Waals surface area contributed by atoms with Crippen molar-refractivity contribution >= 4 is 17.4 Å². The minimum absolute atomic E-state index is 0.0107. The molecule has 0 unspecified atom stereocenters. The number of aliphatic hydroxyl groups excluding tert-OH is 1. The Balaban J connectivity index is 1.85. The highest BCUT2D eigenvalue weighted by atomic mass is 19.4. The van der Waals surface area contributed by atoms with Gasteiger partial charge >= 0.3 is 12.4 Å². The van der Waals surface area contributed by atoms with Crippen LogP contribution in [0, 0.1) is 12.7 Å². The lowest BCUT2D eigenvalue weighted by atomic mass is 9.81. The van der Waals surface area contributed by atoms with E-state index in [2.05, 4.69) is 4.98 Å². The number of carbonyl (C=O) groups is 1. The fourth-order valence-electron chi connectivity index (χ4n) is 5.30. The number of pyridine rings is 1. The normalized spacial score (nSPS) is 17.2. The third-order valence-corrected chi connectivity index (χ3v) is 7.74. The first-order valence-electron chi connectivity index (χ1n) is 13.3. The summed E-state index contributed by atoms with van der Waals surface area (Å²) in [6.07, 6.45) is -9.75. The molecular formula is C30H28F9N3O2. The number of aliphatic hydroxyl groups is 1. The maximum absolute atomic E-state index is 14.2. The molecule has 1 saturated heterocycles. The monoisotopic (exact) mass is 633 g/mol. The second-order valence-corrected chi connectivity index (χ2v) is 11.3. The third-order valence-electron chi connectivity index (χ3n) is 7.74. The number of likely N-dealkylation sites (N-methyl/N-ethyl adjacent to an activating group) is 1. The van der Waals surface area contributed by atoms with Gasteiger partial charge in [-0.3, -0.25) is 4.79 Å². The summed E-state index contributed by atoms with van der Waals surface area (Å²) < 4.78 is 124. The van der Waals surface area contributed by atoms with E-state index < -0.39 is 77.7 Å². The van der Waals surface area contributed by atoms with Gasteiger partial charge in [0.1, 0.15) is 11.6 Å². The van der Waals surface area contributed by atoms with Crippen molar-refractivity contribution in [1.82, 2.24) is 4.98 Å². The largest absolute Gasteiger partial charge is 0.416 e. The lowest BCUT2D eigenvalue weighted by molar-refractivity contribution is -0.143. The minimum Gasteiger partial charge on any atom is -0.394 e. The van der Waals surface area contributed by atoms with Gasteiger partial charge < -0.3 is 14.9 Å². The Labute approximate surface area is 246 Å². The van der Waals surface area contributed by atoms with Gasteiger partial charge in [0.25, 0.3) is 5.92 Å². The van der Waals surface area contributed by atoms with E-state index in [4.69, 9.17) is 0 Å². The van der Waals surface area contributed by atoms with Crippen molar-refractivity contribution in [1.29, 1.82) is 0 Å². The number of hydrogen-bond donors (Lipinski definition) is 1. The zero-order valence-corrected chi connectivity index (χ0v) is 23.9. The van der Waals surface area contributed by atoms with E-state index >= 15 is 0 Å². The first-order valence-corrected chi connectivity index (χ1v) is 13.3. The molecule has 4 rings (SSSR count). The summed E-state index contributed by atoms with van der Waals surface area (Å²) in [5, 5.41) is 9.71. The number of benzene rings is 2. The second kappa shape index (κ2) is 11.3. The Kier molecular flexibility index (Phi) is 8.48. The van der Waals surface area contributed by atoms with Crippen LogP contribution in [-0.4, -0.2) is 48.2 Å². The van der Waals surface area contributed by atoms with Crippen molar-refractivity contribution in [2.24, 2.45) is 0 Å². The van der Waals surface area contributed by atoms with Crippen molar-refractivity contribution in [3.05, 3.63) is 76.7 Å². The highest BCUT2D eigenvalue weighted by molar-refractivity contribution is 6.03. The molecule has 0 bridgehead atoms. The summed E-state index contributed by atoms with van der Waals surface area (Å²) in [4.78, 5) is 20.3. The van der Waals surface area contributed by atoms with Crippen LogP contribution in [0.2, 0.25) is 0 Å². The SMILES string of the molecule is Cc1cc(F)ccc1-c1cc(N2CC(F)(F)C[C@H]2CO)ncc1N(C)C(=O)C(C)(C)c1cc(C(F)(F)F)cc(C(F)(F)F)c1. The molecule has 44 heavy (non-hydrogen) atoms. The van der Waals surface area contributed by atoms with Crippen LogP contribution in [0.1, 0.15) is 42.5 Å². The highest BCUT2D eigenvalue weighted by Crippen LogP contribution is 2.42. The summed E-state index contributed by atoms with van der Waals surface area (Å²) >= 11 is 0. The number of alkyl halides is 8. The summed E-state index contributed by atoms with van der Waals surface area (Å²) in [6.45, 7) is 2.53. The lowest BCUT2D eigenvalue weighted by Gasteiger charge is -2.32. The molecule has 238 valence electrons. The van der Waals surface area contributed by atoms with E-state index in [1.807, 2.05) is 0 Å². The van der Waals surface area contributed by atoms with E-state index in [1.54, 1.807) is 6.92 Å². The van der Waals surface area contributed by atoms with Gasteiger partial charge in [0.05, 0.1) is 47.6 Å². The standard InChI is InChI=1S/C30H28F9N3O2/c1-16-7-20(31)5-6-22(16)23-11-25(42-15-28(32,33)12-21(42)14-43)40-13-24(23)41(4)26(44)27(2,3)17-8-18(29(34,35)36)10-19(9-17)30(37,38)39/h5-11,13,21,43H,12,14-15H2,1-4H3/t21-/m0/s1. The maximum atomic E-state index is 14.2. The van der Waals surface area contributed by atoms with Crippen LogP contribution in [-0.2, 0) is 22.6 Å². The number of rotatable bonds is 6.